The molecule has 0 bridgehead atoms. The number of nitrogens with one attached hydrogen (secondary N) is 1. The van der Waals surface area contributed by atoms with E-state index >= 15 is 0 Å². The number of carbonyl (C=O) groups is 1. The minimum atomic E-state index is -0.419. The van der Waals surface area contributed by atoms with Crippen LogP contribution in [0.15, 0.2) is 48.5 Å². The molecule has 1 heterocycles. The summed E-state index contributed by atoms with van der Waals surface area (Å²) in [4.78, 5) is 12.4. The zero-order chi connectivity index (χ0) is 17.6. The number of anilines is 1. The van der Waals surface area contributed by atoms with Crippen molar-refractivity contribution in [1.29, 1.82) is 0 Å². The van der Waals surface area contributed by atoms with Crippen LogP contribution in [0.1, 0.15) is 24.0 Å². The van der Waals surface area contributed by atoms with Gasteiger partial charge in [0, 0.05) is 12.2 Å². The first-order valence-corrected chi connectivity index (χ1v) is 8.60. The van der Waals surface area contributed by atoms with E-state index in [9.17, 15) is 4.79 Å². The molecule has 6 heteroatoms. The highest BCUT2D eigenvalue weighted by Gasteiger charge is 2.30. The van der Waals surface area contributed by atoms with Gasteiger partial charge >= 0.3 is 0 Å². The molecule has 0 aromatic heterocycles. The summed E-state index contributed by atoms with van der Waals surface area (Å²) in [5.74, 6) is 0.712. The van der Waals surface area contributed by atoms with Crippen molar-refractivity contribution < 1.29 is 14.3 Å². The maximum absolute atomic E-state index is 12.4. The molecule has 26 heavy (non-hydrogen) atoms. The number of hydrogen-bond acceptors (Lipinski definition) is 4. The van der Waals surface area contributed by atoms with Crippen molar-refractivity contribution in [3.8, 4) is 5.75 Å². The SMILES string of the molecule is Cc1c(COc2ccccc2)cccc1NC(=O)[C@@H]1CC[C@H](CN)O1.Cl. The van der Waals surface area contributed by atoms with Crippen LogP contribution in [0.4, 0.5) is 5.69 Å². The second-order valence-corrected chi connectivity index (χ2v) is 6.24. The van der Waals surface area contributed by atoms with Gasteiger partial charge in [0.15, 0.2) is 0 Å². The number of nitrogens with two attached hydrogens (primary N) is 1. The minimum Gasteiger partial charge on any atom is -0.489 e. The van der Waals surface area contributed by atoms with Gasteiger partial charge in [-0.05, 0) is 49.1 Å². The molecule has 2 aromatic carbocycles. The van der Waals surface area contributed by atoms with Gasteiger partial charge in [-0.1, -0.05) is 30.3 Å². The predicted molar refractivity (Wildman–Crippen MR) is 105 cm³/mol. The van der Waals surface area contributed by atoms with Crippen LogP contribution in [0.5, 0.6) is 5.75 Å². The van der Waals surface area contributed by atoms with Crippen LogP contribution >= 0.6 is 12.4 Å². The van der Waals surface area contributed by atoms with E-state index in [-0.39, 0.29) is 24.4 Å². The van der Waals surface area contributed by atoms with E-state index in [0.717, 1.165) is 29.0 Å². The number of amides is 1. The fourth-order valence-corrected chi connectivity index (χ4v) is 2.94. The summed E-state index contributed by atoms with van der Waals surface area (Å²) < 4.78 is 11.5. The summed E-state index contributed by atoms with van der Waals surface area (Å²) in [6.07, 6.45) is 1.11. The zero-order valence-electron chi connectivity index (χ0n) is 14.8. The number of hydrogen-bond donors (Lipinski definition) is 2. The van der Waals surface area contributed by atoms with Crippen LogP contribution in [-0.2, 0) is 16.1 Å². The third-order valence-electron chi connectivity index (χ3n) is 4.50. The third kappa shape index (κ3) is 4.97. The fraction of sp³-hybridized carbons (Fsp3) is 0.350. The minimum absolute atomic E-state index is 0. The van der Waals surface area contributed by atoms with Crippen LogP contribution < -0.4 is 15.8 Å². The number of ether oxygens (including phenoxy) is 2. The van der Waals surface area contributed by atoms with Gasteiger partial charge in [0.2, 0.25) is 0 Å². The molecule has 5 nitrogen and oxygen atoms in total. The highest BCUT2D eigenvalue weighted by Crippen LogP contribution is 2.24. The summed E-state index contributed by atoms with van der Waals surface area (Å²) in [5, 5.41) is 2.98. The summed E-state index contributed by atoms with van der Waals surface area (Å²) >= 11 is 0. The quantitative estimate of drug-likeness (QED) is 0.809. The van der Waals surface area contributed by atoms with E-state index < -0.39 is 6.10 Å². The summed E-state index contributed by atoms with van der Waals surface area (Å²) in [7, 11) is 0. The van der Waals surface area contributed by atoms with Gasteiger partial charge in [0.05, 0.1) is 6.10 Å². The van der Waals surface area contributed by atoms with Crippen molar-refractivity contribution in [3.05, 3.63) is 59.7 Å². The lowest BCUT2D eigenvalue weighted by Gasteiger charge is -2.16. The average Bonchev–Trinajstić information content (AvgIpc) is 3.13. The Hall–Kier alpha value is -2.08. The molecule has 0 unspecified atom stereocenters. The molecule has 3 N–H and O–H groups in total. The predicted octanol–water partition coefficient (Wildman–Crippen LogP) is 3.44. The molecule has 0 aliphatic carbocycles. The van der Waals surface area contributed by atoms with Gasteiger partial charge in [-0.2, -0.15) is 0 Å². The van der Waals surface area contributed by atoms with Crippen LogP contribution in [-0.4, -0.2) is 24.7 Å². The maximum atomic E-state index is 12.4. The highest BCUT2D eigenvalue weighted by molar-refractivity contribution is 5.95. The molecule has 2 atom stereocenters. The van der Waals surface area contributed by atoms with Crippen LogP contribution in [0.3, 0.4) is 0 Å². The van der Waals surface area contributed by atoms with E-state index in [0.29, 0.717) is 19.6 Å². The van der Waals surface area contributed by atoms with Crippen molar-refractivity contribution in [3.63, 3.8) is 0 Å². The summed E-state index contributed by atoms with van der Waals surface area (Å²) in [6, 6.07) is 15.5. The molecule has 1 saturated heterocycles. The molecule has 1 amide bonds. The number of carbonyl (C=O) groups excluding carboxylic acids is 1. The molecular weight excluding hydrogens is 352 g/mol. The molecule has 2 aromatic rings. The van der Waals surface area contributed by atoms with Gasteiger partial charge < -0.3 is 20.5 Å². The smallest absolute Gasteiger partial charge is 0.253 e. The number of rotatable bonds is 6. The van der Waals surface area contributed by atoms with Gasteiger partial charge in [0.25, 0.3) is 5.91 Å². The number of benzene rings is 2. The monoisotopic (exact) mass is 376 g/mol. The molecule has 3 rings (SSSR count). The first kappa shape index (κ1) is 20.2. The van der Waals surface area contributed by atoms with Crippen molar-refractivity contribution >= 4 is 24.0 Å². The Balaban J connectivity index is 0.00000243. The van der Waals surface area contributed by atoms with E-state index in [2.05, 4.69) is 5.32 Å². The molecule has 1 aliphatic rings. The second kappa shape index (κ2) is 9.57. The standard InChI is InChI=1S/C20H24N2O3.ClH/c1-14-15(13-24-16-7-3-2-4-8-16)6-5-9-18(14)22-20(23)19-11-10-17(12-21)25-19;/h2-9,17,19H,10-13,21H2,1H3,(H,22,23);1H/t17-,19+;/m1./s1. The zero-order valence-corrected chi connectivity index (χ0v) is 15.6. The van der Waals surface area contributed by atoms with Crippen molar-refractivity contribution in [2.24, 2.45) is 5.73 Å². The van der Waals surface area contributed by atoms with Gasteiger partial charge in [-0.3, -0.25) is 4.79 Å². The van der Waals surface area contributed by atoms with Gasteiger partial charge in [-0.25, -0.2) is 0 Å². The average molecular weight is 377 g/mol. The second-order valence-electron chi connectivity index (χ2n) is 6.24. The van der Waals surface area contributed by atoms with Crippen molar-refractivity contribution in [2.45, 2.75) is 38.6 Å². The topological polar surface area (TPSA) is 73.6 Å². The van der Waals surface area contributed by atoms with Gasteiger partial charge in [0.1, 0.15) is 18.5 Å². The molecular formula is C20H25ClN2O3. The Bertz CT molecular complexity index is 724. The molecule has 1 aliphatic heterocycles. The molecule has 0 saturated carbocycles. The Labute approximate surface area is 160 Å². The van der Waals surface area contributed by atoms with E-state index in [1.165, 1.54) is 0 Å². The van der Waals surface area contributed by atoms with Crippen molar-refractivity contribution in [2.75, 3.05) is 11.9 Å². The number of halogens is 1. The molecule has 140 valence electrons. The van der Waals surface area contributed by atoms with E-state index in [4.69, 9.17) is 15.2 Å². The van der Waals surface area contributed by atoms with Crippen LogP contribution in [0.25, 0.3) is 0 Å². The molecule has 0 radical (unpaired) electrons. The Morgan fingerprint density at radius 1 is 1.19 bits per heavy atom. The Morgan fingerprint density at radius 3 is 2.65 bits per heavy atom. The van der Waals surface area contributed by atoms with E-state index in [1.807, 2.05) is 55.5 Å². The van der Waals surface area contributed by atoms with Crippen LogP contribution in [0.2, 0.25) is 0 Å². The lowest BCUT2D eigenvalue weighted by atomic mass is 10.1. The fourth-order valence-electron chi connectivity index (χ4n) is 2.94. The first-order chi connectivity index (χ1) is 12.2. The largest absolute Gasteiger partial charge is 0.489 e. The maximum Gasteiger partial charge on any atom is 0.253 e. The van der Waals surface area contributed by atoms with Crippen molar-refractivity contribution in [1.82, 2.24) is 0 Å². The van der Waals surface area contributed by atoms with E-state index in [1.54, 1.807) is 0 Å². The van der Waals surface area contributed by atoms with Crippen LogP contribution in [0, 0.1) is 6.92 Å². The third-order valence-corrected chi connectivity index (χ3v) is 4.50. The normalized spacial score (nSPS) is 18.8. The highest BCUT2D eigenvalue weighted by atomic mass is 35.5. The Kier molecular flexibility index (Phi) is 7.45. The molecule has 0 spiro atoms. The first-order valence-electron chi connectivity index (χ1n) is 8.60. The van der Waals surface area contributed by atoms with Gasteiger partial charge in [-0.15, -0.1) is 12.4 Å². The lowest BCUT2D eigenvalue weighted by molar-refractivity contribution is -0.126. The molecule has 1 fully saturated rings. The Morgan fingerprint density at radius 2 is 1.96 bits per heavy atom. The lowest BCUT2D eigenvalue weighted by Crippen LogP contribution is -2.30. The number of para-hydroxylation sites is 1. The summed E-state index contributed by atoms with van der Waals surface area (Å²) in [6.45, 7) is 2.89. The summed E-state index contributed by atoms with van der Waals surface area (Å²) in [5.41, 5.74) is 8.43.